The molecular formula is C21H22N4O2. The third kappa shape index (κ3) is 5.28. The van der Waals surface area contributed by atoms with Gasteiger partial charge >= 0.3 is 0 Å². The molecule has 1 aromatic heterocycles. The van der Waals surface area contributed by atoms with Gasteiger partial charge in [-0.2, -0.15) is 0 Å². The molecule has 6 nitrogen and oxygen atoms in total. The maximum atomic E-state index is 12.0. The van der Waals surface area contributed by atoms with E-state index in [0.717, 1.165) is 11.4 Å². The predicted octanol–water partition coefficient (Wildman–Crippen LogP) is 4.40. The number of para-hydroxylation sites is 3. The average Bonchev–Trinajstić information content (AvgIpc) is 2.69. The van der Waals surface area contributed by atoms with E-state index in [4.69, 9.17) is 4.74 Å². The SMILES string of the molecule is CC(C)CNC(=O)c1ccc(Nc2ccccc2Oc2ccccc2)nn1. The monoisotopic (exact) mass is 362 g/mol. The zero-order chi connectivity index (χ0) is 19.1. The normalized spacial score (nSPS) is 10.5. The van der Waals surface area contributed by atoms with Crippen LogP contribution in [0.5, 0.6) is 11.5 Å². The number of carbonyl (C=O) groups is 1. The van der Waals surface area contributed by atoms with Gasteiger partial charge in [-0.05, 0) is 42.3 Å². The van der Waals surface area contributed by atoms with Crippen molar-refractivity contribution in [3.05, 3.63) is 72.4 Å². The number of carbonyl (C=O) groups excluding carboxylic acids is 1. The van der Waals surface area contributed by atoms with E-state index in [0.29, 0.717) is 24.0 Å². The Balaban J connectivity index is 1.70. The first-order chi connectivity index (χ1) is 13.1. The smallest absolute Gasteiger partial charge is 0.271 e. The molecule has 138 valence electrons. The Hall–Kier alpha value is -3.41. The van der Waals surface area contributed by atoms with Crippen molar-refractivity contribution >= 4 is 17.4 Å². The van der Waals surface area contributed by atoms with Gasteiger partial charge in [0.15, 0.2) is 17.3 Å². The Labute approximate surface area is 158 Å². The van der Waals surface area contributed by atoms with Crippen LogP contribution in [0.15, 0.2) is 66.7 Å². The molecule has 3 aromatic rings. The zero-order valence-electron chi connectivity index (χ0n) is 15.3. The fourth-order valence-electron chi connectivity index (χ4n) is 2.32. The van der Waals surface area contributed by atoms with Crippen LogP contribution in [0.2, 0.25) is 0 Å². The summed E-state index contributed by atoms with van der Waals surface area (Å²) in [5.74, 6) is 2.10. The average molecular weight is 362 g/mol. The van der Waals surface area contributed by atoms with Gasteiger partial charge in [-0.25, -0.2) is 0 Å². The highest BCUT2D eigenvalue weighted by Gasteiger charge is 2.10. The van der Waals surface area contributed by atoms with E-state index in [1.165, 1.54) is 0 Å². The number of ether oxygens (including phenoxy) is 1. The Kier molecular flexibility index (Phi) is 5.99. The Morgan fingerprint density at radius 3 is 2.41 bits per heavy atom. The molecule has 0 aliphatic rings. The molecule has 0 atom stereocenters. The van der Waals surface area contributed by atoms with Gasteiger partial charge in [-0.3, -0.25) is 4.79 Å². The van der Waals surface area contributed by atoms with Crippen molar-refractivity contribution in [3.8, 4) is 11.5 Å². The summed E-state index contributed by atoms with van der Waals surface area (Å²) in [6.45, 7) is 4.67. The summed E-state index contributed by atoms with van der Waals surface area (Å²) in [7, 11) is 0. The van der Waals surface area contributed by atoms with Crippen LogP contribution in [0.25, 0.3) is 0 Å². The standard InChI is InChI=1S/C21H22N4O2/c1-15(2)14-22-21(26)18-12-13-20(25-24-18)23-17-10-6-7-11-19(17)27-16-8-4-3-5-9-16/h3-13,15H,14H2,1-2H3,(H,22,26)(H,23,25). The fourth-order valence-corrected chi connectivity index (χ4v) is 2.32. The highest BCUT2D eigenvalue weighted by molar-refractivity contribution is 5.92. The summed E-state index contributed by atoms with van der Waals surface area (Å²) in [4.78, 5) is 12.0. The lowest BCUT2D eigenvalue weighted by atomic mass is 10.2. The van der Waals surface area contributed by atoms with Gasteiger partial charge < -0.3 is 15.4 Å². The molecule has 27 heavy (non-hydrogen) atoms. The predicted molar refractivity (Wildman–Crippen MR) is 105 cm³/mol. The van der Waals surface area contributed by atoms with Crippen LogP contribution < -0.4 is 15.4 Å². The van der Waals surface area contributed by atoms with E-state index < -0.39 is 0 Å². The van der Waals surface area contributed by atoms with E-state index in [1.807, 2.05) is 68.4 Å². The largest absolute Gasteiger partial charge is 0.455 e. The van der Waals surface area contributed by atoms with Gasteiger partial charge in [0.05, 0.1) is 5.69 Å². The first-order valence-corrected chi connectivity index (χ1v) is 8.82. The van der Waals surface area contributed by atoms with Crippen LogP contribution in [0.1, 0.15) is 24.3 Å². The number of nitrogens with one attached hydrogen (secondary N) is 2. The number of hydrogen-bond acceptors (Lipinski definition) is 5. The van der Waals surface area contributed by atoms with Crippen molar-refractivity contribution in [2.75, 3.05) is 11.9 Å². The van der Waals surface area contributed by atoms with Gasteiger partial charge in [0, 0.05) is 6.54 Å². The molecule has 2 N–H and O–H groups in total. The molecule has 0 saturated carbocycles. The molecule has 0 radical (unpaired) electrons. The van der Waals surface area contributed by atoms with Crippen molar-refractivity contribution < 1.29 is 9.53 Å². The number of hydrogen-bond donors (Lipinski definition) is 2. The first-order valence-electron chi connectivity index (χ1n) is 8.82. The Bertz CT molecular complexity index is 880. The number of aromatic nitrogens is 2. The van der Waals surface area contributed by atoms with Crippen LogP contribution in [-0.2, 0) is 0 Å². The van der Waals surface area contributed by atoms with E-state index in [2.05, 4.69) is 20.8 Å². The number of rotatable bonds is 7. The van der Waals surface area contributed by atoms with Crippen molar-refractivity contribution in [1.82, 2.24) is 15.5 Å². The maximum Gasteiger partial charge on any atom is 0.271 e. The van der Waals surface area contributed by atoms with Crippen LogP contribution in [0.4, 0.5) is 11.5 Å². The second kappa shape index (κ2) is 8.80. The first kappa shape index (κ1) is 18.4. The highest BCUT2D eigenvalue weighted by Crippen LogP contribution is 2.30. The molecular weight excluding hydrogens is 340 g/mol. The quantitative estimate of drug-likeness (QED) is 0.651. The number of nitrogens with zero attached hydrogens (tertiary/aromatic N) is 2. The van der Waals surface area contributed by atoms with Crippen molar-refractivity contribution in [1.29, 1.82) is 0 Å². The van der Waals surface area contributed by atoms with Crippen molar-refractivity contribution in [2.24, 2.45) is 5.92 Å². The Morgan fingerprint density at radius 2 is 1.70 bits per heavy atom. The van der Waals surface area contributed by atoms with Crippen LogP contribution in [-0.4, -0.2) is 22.6 Å². The molecule has 0 spiro atoms. The molecule has 1 amide bonds. The van der Waals surface area contributed by atoms with E-state index in [1.54, 1.807) is 12.1 Å². The molecule has 0 aliphatic heterocycles. The summed E-state index contributed by atoms with van der Waals surface area (Å²) < 4.78 is 5.92. The van der Waals surface area contributed by atoms with E-state index in [-0.39, 0.29) is 11.6 Å². The summed E-state index contributed by atoms with van der Waals surface area (Å²) in [6, 6.07) is 20.5. The maximum absolute atomic E-state index is 12.0. The van der Waals surface area contributed by atoms with Crippen LogP contribution in [0.3, 0.4) is 0 Å². The van der Waals surface area contributed by atoms with Gasteiger partial charge in [0.1, 0.15) is 5.75 Å². The minimum absolute atomic E-state index is 0.226. The minimum atomic E-state index is -0.226. The molecule has 0 saturated heterocycles. The highest BCUT2D eigenvalue weighted by atomic mass is 16.5. The fraction of sp³-hybridized carbons (Fsp3) is 0.190. The summed E-state index contributed by atoms with van der Waals surface area (Å²) in [5.41, 5.74) is 1.04. The molecule has 1 heterocycles. The lowest BCUT2D eigenvalue weighted by Crippen LogP contribution is -2.28. The third-order valence-electron chi connectivity index (χ3n) is 3.69. The summed E-state index contributed by atoms with van der Waals surface area (Å²) in [5, 5.41) is 14.1. The molecule has 0 bridgehead atoms. The molecule has 2 aromatic carbocycles. The molecule has 3 rings (SSSR count). The second-order valence-corrected chi connectivity index (χ2v) is 6.44. The van der Waals surface area contributed by atoms with Crippen LogP contribution >= 0.6 is 0 Å². The number of anilines is 2. The topological polar surface area (TPSA) is 76.1 Å². The van der Waals surface area contributed by atoms with Crippen molar-refractivity contribution in [3.63, 3.8) is 0 Å². The lowest BCUT2D eigenvalue weighted by molar-refractivity contribution is 0.0943. The van der Waals surface area contributed by atoms with Gasteiger partial charge in [-0.1, -0.05) is 44.2 Å². The molecule has 0 fully saturated rings. The van der Waals surface area contributed by atoms with E-state index in [9.17, 15) is 4.79 Å². The summed E-state index contributed by atoms with van der Waals surface area (Å²) >= 11 is 0. The lowest BCUT2D eigenvalue weighted by Gasteiger charge is -2.12. The molecule has 0 aliphatic carbocycles. The van der Waals surface area contributed by atoms with E-state index >= 15 is 0 Å². The van der Waals surface area contributed by atoms with Crippen molar-refractivity contribution in [2.45, 2.75) is 13.8 Å². The van der Waals surface area contributed by atoms with Gasteiger partial charge in [-0.15, -0.1) is 10.2 Å². The molecule has 6 heteroatoms. The van der Waals surface area contributed by atoms with Gasteiger partial charge in [0.2, 0.25) is 0 Å². The Morgan fingerprint density at radius 1 is 0.963 bits per heavy atom. The van der Waals surface area contributed by atoms with Crippen LogP contribution in [0, 0.1) is 5.92 Å². The third-order valence-corrected chi connectivity index (χ3v) is 3.69. The number of benzene rings is 2. The van der Waals surface area contributed by atoms with Gasteiger partial charge in [0.25, 0.3) is 5.91 Å². The number of amides is 1. The summed E-state index contributed by atoms with van der Waals surface area (Å²) in [6.07, 6.45) is 0. The molecule has 0 unspecified atom stereocenters. The second-order valence-electron chi connectivity index (χ2n) is 6.44. The minimum Gasteiger partial charge on any atom is -0.455 e. The zero-order valence-corrected chi connectivity index (χ0v) is 15.3.